The molecule has 0 aromatic heterocycles. The molecule has 1 aromatic rings. The van der Waals surface area contributed by atoms with E-state index in [4.69, 9.17) is 0 Å². The predicted molar refractivity (Wildman–Crippen MR) is 73.0 cm³/mol. The molecule has 0 aliphatic carbocycles. The van der Waals surface area contributed by atoms with Gasteiger partial charge < -0.3 is 0 Å². The zero-order valence-corrected chi connectivity index (χ0v) is 11.4. The summed E-state index contributed by atoms with van der Waals surface area (Å²) < 4.78 is 0. The molecule has 1 aromatic carbocycles. The maximum atomic E-state index is 2.96. The summed E-state index contributed by atoms with van der Waals surface area (Å²) in [5, 5.41) is 0. The van der Waals surface area contributed by atoms with E-state index in [0.29, 0.717) is 0 Å². The highest BCUT2D eigenvalue weighted by Gasteiger charge is 1.77. The van der Waals surface area contributed by atoms with Gasteiger partial charge in [-0.2, -0.15) is 0 Å². The second-order valence-electron chi connectivity index (χ2n) is 1.74. The molecule has 0 unspecified atom stereocenters. The molecule has 0 fully saturated rings. The van der Waals surface area contributed by atoms with Gasteiger partial charge in [0, 0.05) is 5.56 Å². The second kappa shape index (κ2) is 23.0. The van der Waals surface area contributed by atoms with Gasteiger partial charge in [0.1, 0.15) is 0 Å². The standard InChI is InChI=1S/C9H8.3C2H6/c1-2-6-9-7-4-3-5-8-9;3*1-2/h3-5,7-8H,1H3;3*1-2H3. The van der Waals surface area contributed by atoms with Crippen molar-refractivity contribution in [3.8, 4) is 11.8 Å². The van der Waals surface area contributed by atoms with E-state index >= 15 is 0 Å². The van der Waals surface area contributed by atoms with Crippen LogP contribution in [0.2, 0.25) is 0 Å². The topological polar surface area (TPSA) is 0 Å². The Hall–Kier alpha value is -1.22. The van der Waals surface area contributed by atoms with Crippen LogP contribution in [0, 0.1) is 11.8 Å². The van der Waals surface area contributed by atoms with Crippen molar-refractivity contribution in [3.05, 3.63) is 35.9 Å². The summed E-state index contributed by atoms with van der Waals surface area (Å²) >= 11 is 0. The first-order valence-electron chi connectivity index (χ1n) is 5.91. The summed E-state index contributed by atoms with van der Waals surface area (Å²) in [6, 6.07) is 9.95. The molecule has 0 radical (unpaired) electrons. The summed E-state index contributed by atoms with van der Waals surface area (Å²) in [5.74, 6) is 5.79. The first-order valence-corrected chi connectivity index (χ1v) is 5.91. The fourth-order valence-electron chi connectivity index (χ4n) is 0.666. The Morgan fingerprint density at radius 1 is 0.733 bits per heavy atom. The van der Waals surface area contributed by atoms with Crippen molar-refractivity contribution >= 4 is 0 Å². The average Bonchev–Trinajstić information content (AvgIpc) is 2.38. The minimum absolute atomic E-state index is 1.08. The van der Waals surface area contributed by atoms with E-state index < -0.39 is 0 Å². The number of benzene rings is 1. The fourth-order valence-corrected chi connectivity index (χ4v) is 0.666. The van der Waals surface area contributed by atoms with E-state index in [1.54, 1.807) is 0 Å². The number of hydrogen-bond acceptors (Lipinski definition) is 0. The summed E-state index contributed by atoms with van der Waals surface area (Å²) in [6.45, 7) is 13.8. The van der Waals surface area contributed by atoms with Gasteiger partial charge in [-0.3, -0.25) is 0 Å². The molecule has 0 heterocycles. The van der Waals surface area contributed by atoms with Crippen molar-refractivity contribution in [3.63, 3.8) is 0 Å². The zero-order valence-electron chi connectivity index (χ0n) is 11.4. The minimum Gasteiger partial charge on any atom is -0.101 e. The third-order valence-electron chi connectivity index (χ3n) is 1.04. The summed E-state index contributed by atoms with van der Waals surface area (Å²) in [5.41, 5.74) is 1.08. The molecule has 0 saturated heterocycles. The lowest BCUT2D eigenvalue weighted by atomic mass is 10.2. The van der Waals surface area contributed by atoms with Crippen LogP contribution in [0.15, 0.2) is 30.3 Å². The van der Waals surface area contributed by atoms with Gasteiger partial charge in [-0.1, -0.05) is 65.7 Å². The molecule has 0 saturated carbocycles. The highest BCUT2D eigenvalue weighted by molar-refractivity contribution is 5.32. The van der Waals surface area contributed by atoms with Gasteiger partial charge in [-0.15, -0.1) is 5.92 Å². The highest BCUT2D eigenvalue weighted by atomic mass is 13.8. The van der Waals surface area contributed by atoms with Crippen LogP contribution in [0.1, 0.15) is 54.0 Å². The van der Waals surface area contributed by atoms with Gasteiger partial charge >= 0.3 is 0 Å². The van der Waals surface area contributed by atoms with Crippen molar-refractivity contribution in [1.82, 2.24) is 0 Å². The van der Waals surface area contributed by atoms with Crippen LogP contribution >= 0.6 is 0 Å². The molecule has 0 aliphatic rings. The van der Waals surface area contributed by atoms with Gasteiger partial charge in [0.25, 0.3) is 0 Å². The molecular weight excluding hydrogens is 180 g/mol. The van der Waals surface area contributed by atoms with E-state index in [2.05, 4.69) is 11.8 Å². The first kappa shape index (κ1) is 19.4. The van der Waals surface area contributed by atoms with Crippen LogP contribution in [-0.2, 0) is 0 Å². The highest BCUT2D eigenvalue weighted by Crippen LogP contribution is 1.93. The fraction of sp³-hybridized carbons (Fsp3) is 0.467. The molecule has 1 rings (SSSR count). The van der Waals surface area contributed by atoms with Crippen LogP contribution in [0.4, 0.5) is 0 Å². The monoisotopic (exact) mass is 206 g/mol. The van der Waals surface area contributed by atoms with Crippen LogP contribution in [-0.4, -0.2) is 0 Å². The molecule has 0 spiro atoms. The maximum absolute atomic E-state index is 2.96. The average molecular weight is 206 g/mol. The largest absolute Gasteiger partial charge is 0.101 e. The molecule has 0 heteroatoms. The Morgan fingerprint density at radius 3 is 1.47 bits per heavy atom. The van der Waals surface area contributed by atoms with Crippen LogP contribution < -0.4 is 0 Å². The molecule has 0 aliphatic heterocycles. The molecule has 0 N–H and O–H groups in total. The quantitative estimate of drug-likeness (QED) is 0.516. The number of rotatable bonds is 0. The Bertz CT molecular complexity index is 223. The lowest BCUT2D eigenvalue weighted by Crippen LogP contribution is -1.67. The maximum Gasteiger partial charge on any atom is 0.0245 e. The van der Waals surface area contributed by atoms with Crippen molar-refractivity contribution < 1.29 is 0 Å². The Balaban J connectivity index is -0.000000208. The Labute approximate surface area is 96.7 Å². The van der Waals surface area contributed by atoms with Crippen molar-refractivity contribution in [1.29, 1.82) is 0 Å². The second-order valence-corrected chi connectivity index (χ2v) is 1.74. The zero-order chi connectivity index (χ0) is 12.5. The third-order valence-corrected chi connectivity index (χ3v) is 1.04. The predicted octanol–water partition coefficient (Wildman–Crippen LogP) is 5.14. The van der Waals surface area contributed by atoms with Crippen molar-refractivity contribution in [2.45, 2.75) is 48.5 Å². The lowest BCUT2D eigenvalue weighted by molar-refractivity contribution is 1.50. The van der Waals surface area contributed by atoms with Crippen molar-refractivity contribution in [2.24, 2.45) is 0 Å². The van der Waals surface area contributed by atoms with E-state index in [9.17, 15) is 0 Å². The van der Waals surface area contributed by atoms with Gasteiger partial charge in [0.05, 0.1) is 0 Å². The summed E-state index contributed by atoms with van der Waals surface area (Å²) in [6.07, 6.45) is 0. The van der Waals surface area contributed by atoms with Crippen molar-refractivity contribution in [2.75, 3.05) is 0 Å². The summed E-state index contributed by atoms with van der Waals surface area (Å²) in [4.78, 5) is 0. The van der Waals surface area contributed by atoms with Crippen LogP contribution in [0.3, 0.4) is 0 Å². The molecular formula is C15H26. The first-order chi connectivity index (χ1) is 7.43. The van der Waals surface area contributed by atoms with Gasteiger partial charge in [-0.05, 0) is 19.1 Å². The van der Waals surface area contributed by atoms with Crippen LogP contribution in [0.25, 0.3) is 0 Å². The van der Waals surface area contributed by atoms with Gasteiger partial charge in [-0.25, -0.2) is 0 Å². The third kappa shape index (κ3) is 15.5. The van der Waals surface area contributed by atoms with E-state index in [1.165, 1.54) is 0 Å². The smallest absolute Gasteiger partial charge is 0.0245 e. The molecule has 0 bridgehead atoms. The lowest BCUT2D eigenvalue weighted by Gasteiger charge is -1.83. The van der Waals surface area contributed by atoms with E-state index in [-0.39, 0.29) is 0 Å². The van der Waals surface area contributed by atoms with E-state index in [1.807, 2.05) is 78.8 Å². The van der Waals surface area contributed by atoms with Gasteiger partial charge in [0.2, 0.25) is 0 Å². The Morgan fingerprint density at radius 2 is 1.13 bits per heavy atom. The number of hydrogen-bond donors (Lipinski definition) is 0. The van der Waals surface area contributed by atoms with E-state index in [0.717, 1.165) is 5.56 Å². The normalized spacial score (nSPS) is 5.80. The van der Waals surface area contributed by atoms with Gasteiger partial charge in [0.15, 0.2) is 0 Å². The molecule has 0 nitrogen and oxygen atoms in total. The summed E-state index contributed by atoms with van der Waals surface area (Å²) in [7, 11) is 0. The molecule has 0 atom stereocenters. The molecule has 0 amide bonds. The SMILES string of the molecule is CC.CC.CC.CC#Cc1ccccc1. The molecule has 15 heavy (non-hydrogen) atoms. The Kier molecular flexibility index (Phi) is 29.7. The van der Waals surface area contributed by atoms with Crippen LogP contribution in [0.5, 0.6) is 0 Å². The minimum atomic E-state index is 1.08. The molecule has 86 valence electrons.